The fourth-order valence-corrected chi connectivity index (χ4v) is 2.43. The van der Waals surface area contributed by atoms with Gasteiger partial charge in [-0.2, -0.15) is 0 Å². The van der Waals surface area contributed by atoms with E-state index in [0.29, 0.717) is 12.6 Å². The molecule has 2 unspecified atom stereocenters. The Morgan fingerprint density at radius 2 is 2.20 bits per heavy atom. The van der Waals surface area contributed by atoms with Gasteiger partial charge in [-0.15, -0.1) is 0 Å². The highest BCUT2D eigenvalue weighted by Crippen LogP contribution is 2.22. The Bertz CT molecular complexity index is 180. The van der Waals surface area contributed by atoms with Gasteiger partial charge in [-0.25, -0.2) is 0 Å². The Morgan fingerprint density at radius 1 is 1.47 bits per heavy atom. The molecule has 3 N–H and O–H groups in total. The molecule has 0 aromatic rings. The van der Waals surface area contributed by atoms with E-state index in [9.17, 15) is 5.11 Å². The highest BCUT2D eigenvalue weighted by Gasteiger charge is 2.28. The molecule has 1 rings (SSSR count). The number of aliphatic hydroxyl groups is 1. The number of piperidine rings is 1. The van der Waals surface area contributed by atoms with E-state index in [0.717, 1.165) is 13.1 Å². The Kier molecular flexibility index (Phi) is 5.03. The Morgan fingerprint density at radius 3 is 2.80 bits per heavy atom. The van der Waals surface area contributed by atoms with Gasteiger partial charge in [0.2, 0.25) is 0 Å². The standard InChI is InChI=1S/C12H26N2O/c1-3-6-11-7-4-5-8-14(11)10-12(2,15)9-13/h11,15H,3-10,13H2,1-2H3. The Labute approximate surface area is 93.6 Å². The summed E-state index contributed by atoms with van der Waals surface area (Å²) in [6.07, 6.45) is 6.37. The Hall–Kier alpha value is -0.120. The first-order chi connectivity index (χ1) is 7.09. The maximum atomic E-state index is 9.99. The minimum atomic E-state index is -0.719. The minimum Gasteiger partial charge on any atom is -0.388 e. The highest BCUT2D eigenvalue weighted by molar-refractivity contribution is 4.84. The van der Waals surface area contributed by atoms with Crippen molar-refractivity contribution in [2.24, 2.45) is 5.73 Å². The molecule has 90 valence electrons. The highest BCUT2D eigenvalue weighted by atomic mass is 16.3. The fourth-order valence-electron chi connectivity index (χ4n) is 2.43. The van der Waals surface area contributed by atoms with Crippen LogP contribution in [-0.4, -0.2) is 41.3 Å². The van der Waals surface area contributed by atoms with Gasteiger partial charge in [0, 0.05) is 19.1 Å². The van der Waals surface area contributed by atoms with Crippen molar-refractivity contribution in [3.05, 3.63) is 0 Å². The predicted octanol–water partition coefficient (Wildman–Crippen LogP) is 1.35. The summed E-state index contributed by atoms with van der Waals surface area (Å²) in [4.78, 5) is 2.43. The molecule has 0 bridgehead atoms. The zero-order valence-electron chi connectivity index (χ0n) is 10.2. The summed E-state index contributed by atoms with van der Waals surface area (Å²) in [7, 11) is 0. The summed E-state index contributed by atoms with van der Waals surface area (Å²) in [5, 5.41) is 9.99. The van der Waals surface area contributed by atoms with Crippen molar-refractivity contribution < 1.29 is 5.11 Å². The van der Waals surface area contributed by atoms with Gasteiger partial charge >= 0.3 is 0 Å². The number of hydrogen-bond donors (Lipinski definition) is 2. The van der Waals surface area contributed by atoms with Gasteiger partial charge in [0.25, 0.3) is 0 Å². The van der Waals surface area contributed by atoms with Crippen LogP contribution >= 0.6 is 0 Å². The second-order valence-electron chi connectivity index (χ2n) is 5.11. The van der Waals surface area contributed by atoms with Crippen LogP contribution in [0.15, 0.2) is 0 Å². The van der Waals surface area contributed by atoms with Crippen LogP contribution in [0, 0.1) is 0 Å². The third-order valence-electron chi connectivity index (χ3n) is 3.35. The van der Waals surface area contributed by atoms with Crippen LogP contribution in [-0.2, 0) is 0 Å². The second-order valence-corrected chi connectivity index (χ2v) is 5.11. The summed E-state index contributed by atoms with van der Waals surface area (Å²) in [5.74, 6) is 0. The molecule has 3 heteroatoms. The van der Waals surface area contributed by atoms with Gasteiger partial charge in [0.15, 0.2) is 0 Å². The predicted molar refractivity (Wildman–Crippen MR) is 63.8 cm³/mol. The van der Waals surface area contributed by atoms with Crippen LogP contribution in [0.3, 0.4) is 0 Å². The molecule has 0 amide bonds. The van der Waals surface area contributed by atoms with Crippen LogP contribution in [0.4, 0.5) is 0 Å². The third-order valence-corrected chi connectivity index (χ3v) is 3.35. The summed E-state index contributed by atoms with van der Waals surface area (Å²) >= 11 is 0. The van der Waals surface area contributed by atoms with Gasteiger partial charge in [-0.1, -0.05) is 19.8 Å². The topological polar surface area (TPSA) is 49.5 Å². The van der Waals surface area contributed by atoms with Crippen molar-refractivity contribution in [2.45, 2.75) is 57.6 Å². The molecule has 0 aromatic carbocycles. The van der Waals surface area contributed by atoms with E-state index in [2.05, 4.69) is 11.8 Å². The maximum Gasteiger partial charge on any atom is 0.0867 e. The van der Waals surface area contributed by atoms with E-state index < -0.39 is 5.60 Å². The van der Waals surface area contributed by atoms with Crippen molar-refractivity contribution in [3.8, 4) is 0 Å². The maximum absolute atomic E-state index is 9.99. The first-order valence-corrected chi connectivity index (χ1v) is 6.25. The lowest BCUT2D eigenvalue weighted by molar-refractivity contribution is 0.00121. The quantitative estimate of drug-likeness (QED) is 0.726. The molecular formula is C12H26N2O. The largest absolute Gasteiger partial charge is 0.388 e. The lowest BCUT2D eigenvalue weighted by atomic mass is 9.95. The normalized spacial score (nSPS) is 27.6. The van der Waals surface area contributed by atoms with Crippen molar-refractivity contribution in [3.63, 3.8) is 0 Å². The lowest BCUT2D eigenvalue weighted by Crippen LogP contribution is -2.51. The molecule has 3 nitrogen and oxygen atoms in total. The second kappa shape index (κ2) is 5.83. The molecule has 1 fully saturated rings. The molecule has 0 spiro atoms. The summed E-state index contributed by atoms with van der Waals surface area (Å²) in [6.45, 7) is 6.27. The number of nitrogens with two attached hydrogens (primary N) is 1. The molecule has 1 aliphatic rings. The van der Waals surface area contributed by atoms with Crippen molar-refractivity contribution >= 4 is 0 Å². The molecule has 2 atom stereocenters. The monoisotopic (exact) mass is 214 g/mol. The van der Waals surface area contributed by atoms with Crippen LogP contribution in [0.5, 0.6) is 0 Å². The van der Waals surface area contributed by atoms with E-state index >= 15 is 0 Å². The Balaban J connectivity index is 2.48. The van der Waals surface area contributed by atoms with E-state index in [4.69, 9.17) is 5.73 Å². The molecule has 0 aromatic heterocycles. The van der Waals surface area contributed by atoms with Gasteiger partial charge in [-0.3, -0.25) is 4.90 Å². The number of nitrogens with zero attached hydrogens (tertiary/aromatic N) is 1. The fraction of sp³-hybridized carbons (Fsp3) is 1.00. The van der Waals surface area contributed by atoms with Gasteiger partial charge in [-0.05, 0) is 32.7 Å². The van der Waals surface area contributed by atoms with E-state index in [1.807, 2.05) is 6.92 Å². The van der Waals surface area contributed by atoms with Crippen LogP contribution < -0.4 is 5.73 Å². The van der Waals surface area contributed by atoms with Gasteiger partial charge in [0.05, 0.1) is 5.60 Å². The molecule has 0 radical (unpaired) electrons. The smallest absolute Gasteiger partial charge is 0.0867 e. The van der Waals surface area contributed by atoms with Crippen molar-refractivity contribution in [1.29, 1.82) is 0 Å². The molecule has 15 heavy (non-hydrogen) atoms. The molecule has 0 aliphatic carbocycles. The number of rotatable bonds is 5. The van der Waals surface area contributed by atoms with E-state index in [1.165, 1.54) is 32.1 Å². The van der Waals surface area contributed by atoms with Crippen LogP contribution in [0.1, 0.15) is 46.0 Å². The van der Waals surface area contributed by atoms with Gasteiger partial charge < -0.3 is 10.8 Å². The van der Waals surface area contributed by atoms with Crippen LogP contribution in [0.25, 0.3) is 0 Å². The van der Waals surface area contributed by atoms with Crippen LogP contribution in [0.2, 0.25) is 0 Å². The molecule has 0 saturated carbocycles. The average molecular weight is 214 g/mol. The summed E-state index contributed by atoms with van der Waals surface area (Å²) < 4.78 is 0. The minimum absolute atomic E-state index is 0.350. The first-order valence-electron chi connectivity index (χ1n) is 6.25. The number of likely N-dealkylation sites (tertiary alicyclic amines) is 1. The molecule has 1 heterocycles. The van der Waals surface area contributed by atoms with E-state index in [-0.39, 0.29) is 0 Å². The first kappa shape index (κ1) is 12.9. The average Bonchev–Trinajstić information content (AvgIpc) is 2.21. The van der Waals surface area contributed by atoms with Gasteiger partial charge in [0.1, 0.15) is 0 Å². The molecule has 1 aliphatic heterocycles. The zero-order chi connectivity index (χ0) is 11.3. The van der Waals surface area contributed by atoms with Crippen molar-refractivity contribution in [2.75, 3.05) is 19.6 Å². The summed E-state index contributed by atoms with van der Waals surface area (Å²) in [6, 6.07) is 0.668. The molecular weight excluding hydrogens is 188 g/mol. The van der Waals surface area contributed by atoms with Crippen molar-refractivity contribution in [1.82, 2.24) is 4.90 Å². The zero-order valence-corrected chi connectivity index (χ0v) is 10.2. The summed E-state index contributed by atoms with van der Waals surface area (Å²) in [5.41, 5.74) is 4.85. The lowest BCUT2D eigenvalue weighted by Gasteiger charge is -2.39. The van der Waals surface area contributed by atoms with E-state index in [1.54, 1.807) is 0 Å². The number of hydrogen-bond acceptors (Lipinski definition) is 3. The SMILES string of the molecule is CCCC1CCCCN1CC(C)(O)CN. The molecule has 1 saturated heterocycles. The number of β-amino-alcohol motifs (C(OH)–C–C–N with tert-alkyl or cyclic N) is 1. The third kappa shape index (κ3) is 4.09.